The van der Waals surface area contributed by atoms with Crippen molar-refractivity contribution in [3.8, 4) is 0 Å². The van der Waals surface area contributed by atoms with Crippen molar-refractivity contribution in [2.24, 2.45) is 5.41 Å². The van der Waals surface area contributed by atoms with Gasteiger partial charge in [0.25, 0.3) is 0 Å². The molecule has 1 aliphatic carbocycles. The summed E-state index contributed by atoms with van der Waals surface area (Å²) < 4.78 is 0. The molecule has 0 bridgehead atoms. The molecule has 0 N–H and O–H groups in total. The van der Waals surface area contributed by atoms with Crippen LogP contribution < -0.4 is 4.90 Å². The van der Waals surface area contributed by atoms with E-state index in [0.29, 0.717) is 28.5 Å². The number of amides is 1. The number of nitrogens with zero attached hydrogens (tertiary/aromatic N) is 1. The first kappa shape index (κ1) is 21.1. The number of carbonyl (C=O) groups excluding carboxylic acids is 2. The maximum Gasteiger partial charge on any atom is 0.232 e. The second-order valence-electron chi connectivity index (χ2n) is 9.22. The van der Waals surface area contributed by atoms with Gasteiger partial charge in [0.1, 0.15) is 0 Å². The summed E-state index contributed by atoms with van der Waals surface area (Å²) in [6.45, 7) is 8.19. The molecule has 1 aliphatic heterocycles. The first-order valence-electron chi connectivity index (χ1n) is 10.2. The normalized spacial score (nSPS) is 21.1. The molecular weight excluding hydrogens is 417 g/mol. The second-order valence-corrected chi connectivity index (χ2v) is 10.0. The van der Waals surface area contributed by atoms with Gasteiger partial charge in [-0.05, 0) is 48.9 Å². The molecule has 30 heavy (non-hydrogen) atoms. The highest BCUT2D eigenvalue weighted by molar-refractivity contribution is 6.42. The molecule has 2 aromatic rings. The minimum atomic E-state index is -0.371. The Bertz CT molecular complexity index is 1100. The lowest BCUT2D eigenvalue weighted by Crippen LogP contribution is -2.44. The Morgan fingerprint density at radius 2 is 1.77 bits per heavy atom. The van der Waals surface area contributed by atoms with Crippen LogP contribution in [-0.2, 0) is 9.59 Å². The minimum absolute atomic E-state index is 0.0211. The quantitative estimate of drug-likeness (QED) is 0.515. The highest BCUT2D eigenvalue weighted by Crippen LogP contribution is 2.50. The van der Waals surface area contributed by atoms with Crippen molar-refractivity contribution in [2.45, 2.75) is 52.9 Å². The summed E-state index contributed by atoms with van der Waals surface area (Å²) in [4.78, 5) is 28.6. The fourth-order valence-electron chi connectivity index (χ4n) is 4.81. The van der Waals surface area contributed by atoms with Crippen molar-refractivity contribution in [3.05, 3.63) is 74.4 Å². The minimum Gasteiger partial charge on any atom is -0.294 e. The maximum absolute atomic E-state index is 13.5. The van der Waals surface area contributed by atoms with E-state index in [0.717, 1.165) is 28.1 Å². The molecule has 0 saturated carbocycles. The van der Waals surface area contributed by atoms with E-state index in [9.17, 15) is 9.59 Å². The number of rotatable bonds is 2. The Morgan fingerprint density at radius 1 is 1.03 bits per heavy atom. The van der Waals surface area contributed by atoms with Gasteiger partial charge in [0.15, 0.2) is 5.78 Å². The summed E-state index contributed by atoms with van der Waals surface area (Å²) >= 11 is 12.8. The van der Waals surface area contributed by atoms with E-state index in [1.54, 1.807) is 11.0 Å². The molecule has 1 amide bonds. The van der Waals surface area contributed by atoms with Crippen LogP contribution in [0.5, 0.6) is 0 Å². The fourth-order valence-corrected chi connectivity index (χ4v) is 5.25. The summed E-state index contributed by atoms with van der Waals surface area (Å²) in [5, 5.41) is 0.852. The molecule has 3 nitrogen and oxygen atoms in total. The van der Waals surface area contributed by atoms with Gasteiger partial charge in [-0.2, -0.15) is 0 Å². The lowest BCUT2D eigenvalue weighted by Gasteiger charge is -2.43. The molecule has 0 radical (unpaired) electrons. The van der Waals surface area contributed by atoms with Crippen LogP contribution >= 0.6 is 23.2 Å². The first-order chi connectivity index (χ1) is 14.1. The molecule has 0 saturated heterocycles. The summed E-state index contributed by atoms with van der Waals surface area (Å²) in [6, 6.07) is 11.5. The zero-order chi connectivity index (χ0) is 21.8. The van der Waals surface area contributed by atoms with Crippen molar-refractivity contribution < 1.29 is 9.59 Å². The van der Waals surface area contributed by atoms with Crippen LogP contribution in [0, 0.1) is 19.3 Å². The molecule has 156 valence electrons. The van der Waals surface area contributed by atoms with E-state index in [1.165, 1.54) is 0 Å². The lowest BCUT2D eigenvalue weighted by molar-refractivity contribution is -0.121. The van der Waals surface area contributed by atoms with Crippen LogP contribution in [0.25, 0.3) is 0 Å². The number of ketones is 1. The zero-order valence-corrected chi connectivity index (χ0v) is 19.2. The molecule has 0 aromatic heterocycles. The van der Waals surface area contributed by atoms with E-state index in [-0.39, 0.29) is 29.4 Å². The third kappa shape index (κ3) is 3.59. The standard InChI is InChI=1S/C25H25Cl2NO2/c1-14-8-9-19(15(2)10-14)28-20-12-25(3,4)13-21(29)23(20)17(11-22(28)30)16-6-5-7-18(26)24(16)27/h5-10,17H,11-13H2,1-4H3. The van der Waals surface area contributed by atoms with Gasteiger partial charge in [-0.3, -0.25) is 14.5 Å². The number of hydrogen-bond donors (Lipinski definition) is 0. The number of halogens is 2. The van der Waals surface area contributed by atoms with E-state index < -0.39 is 0 Å². The van der Waals surface area contributed by atoms with Crippen LogP contribution in [-0.4, -0.2) is 11.7 Å². The molecule has 1 heterocycles. The van der Waals surface area contributed by atoms with E-state index in [4.69, 9.17) is 23.2 Å². The van der Waals surface area contributed by atoms with Crippen molar-refractivity contribution in [2.75, 3.05) is 4.90 Å². The molecule has 5 heteroatoms. The highest BCUT2D eigenvalue weighted by Gasteiger charge is 2.45. The molecule has 2 aromatic carbocycles. The Balaban J connectivity index is 1.95. The Kier molecular flexibility index (Phi) is 5.32. The van der Waals surface area contributed by atoms with Crippen molar-refractivity contribution in [3.63, 3.8) is 0 Å². The monoisotopic (exact) mass is 441 g/mol. The summed E-state index contributed by atoms with van der Waals surface area (Å²) in [7, 11) is 0. The summed E-state index contributed by atoms with van der Waals surface area (Å²) in [6.07, 6.45) is 1.30. The van der Waals surface area contributed by atoms with E-state index >= 15 is 0 Å². The van der Waals surface area contributed by atoms with Gasteiger partial charge >= 0.3 is 0 Å². The predicted molar refractivity (Wildman–Crippen MR) is 122 cm³/mol. The Hall–Kier alpha value is -2.10. The van der Waals surface area contributed by atoms with Crippen LogP contribution in [0.3, 0.4) is 0 Å². The molecule has 0 spiro atoms. The number of Topliss-reactive ketones (excluding diaryl/α,β-unsaturated/α-hetero) is 1. The number of carbonyl (C=O) groups is 2. The van der Waals surface area contributed by atoms with Gasteiger partial charge in [0, 0.05) is 30.0 Å². The smallest absolute Gasteiger partial charge is 0.232 e. The highest BCUT2D eigenvalue weighted by atomic mass is 35.5. The number of allylic oxidation sites excluding steroid dienone is 2. The van der Waals surface area contributed by atoms with Gasteiger partial charge in [-0.15, -0.1) is 0 Å². The summed E-state index contributed by atoms with van der Waals surface area (Å²) in [5.74, 6) is -0.305. The third-order valence-corrected chi connectivity index (χ3v) is 6.93. The SMILES string of the molecule is Cc1ccc(N2C(=O)CC(c3cccc(Cl)c3Cl)C3=C2CC(C)(C)CC3=O)c(C)c1. The number of hydrogen-bond acceptors (Lipinski definition) is 2. The van der Waals surface area contributed by atoms with Crippen molar-refractivity contribution >= 4 is 40.6 Å². The van der Waals surface area contributed by atoms with E-state index in [1.807, 2.05) is 38.1 Å². The Morgan fingerprint density at radius 3 is 2.47 bits per heavy atom. The van der Waals surface area contributed by atoms with E-state index in [2.05, 4.69) is 19.9 Å². The van der Waals surface area contributed by atoms with Gasteiger partial charge in [-0.25, -0.2) is 0 Å². The zero-order valence-electron chi connectivity index (χ0n) is 17.7. The van der Waals surface area contributed by atoms with Crippen LogP contribution in [0.4, 0.5) is 5.69 Å². The van der Waals surface area contributed by atoms with Gasteiger partial charge in [-0.1, -0.05) is 66.9 Å². The van der Waals surface area contributed by atoms with Gasteiger partial charge in [0.05, 0.1) is 15.7 Å². The molecule has 2 aliphatic rings. The van der Waals surface area contributed by atoms with Crippen molar-refractivity contribution in [1.82, 2.24) is 0 Å². The second kappa shape index (κ2) is 7.55. The molecule has 1 atom stereocenters. The average Bonchev–Trinajstić information content (AvgIpc) is 2.63. The topological polar surface area (TPSA) is 37.4 Å². The number of anilines is 1. The Labute approximate surface area is 187 Å². The van der Waals surface area contributed by atoms with Crippen LogP contribution in [0.2, 0.25) is 10.0 Å². The largest absolute Gasteiger partial charge is 0.294 e. The predicted octanol–water partition coefficient (Wildman–Crippen LogP) is 6.77. The van der Waals surface area contributed by atoms with Crippen LogP contribution in [0.1, 0.15) is 55.7 Å². The molecule has 0 fully saturated rings. The van der Waals surface area contributed by atoms with Gasteiger partial charge in [0.2, 0.25) is 5.91 Å². The first-order valence-corrected chi connectivity index (χ1v) is 10.9. The third-order valence-electron chi connectivity index (χ3n) is 6.09. The number of benzene rings is 2. The molecule has 1 unspecified atom stereocenters. The van der Waals surface area contributed by atoms with Gasteiger partial charge < -0.3 is 0 Å². The lowest BCUT2D eigenvalue weighted by atomic mass is 9.69. The fraction of sp³-hybridized carbons (Fsp3) is 0.360. The molecule has 4 rings (SSSR count). The van der Waals surface area contributed by atoms with Crippen LogP contribution in [0.15, 0.2) is 47.7 Å². The summed E-state index contributed by atoms with van der Waals surface area (Å²) in [5.41, 5.74) is 5.05. The maximum atomic E-state index is 13.5. The number of aryl methyl sites for hydroxylation is 2. The van der Waals surface area contributed by atoms with Crippen molar-refractivity contribution in [1.29, 1.82) is 0 Å². The molecular formula is C25H25Cl2NO2. The average molecular weight is 442 g/mol.